The molecule has 0 aliphatic carbocycles. The molecular formula is C12H17NO4S2. The predicted molar refractivity (Wildman–Crippen MR) is 74.9 cm³/mol. The van der Waals surface area contributed by atoms with Crippen LogP contribution >= 0.6 is 11.8 Å². The Morgan fingerprint density at radius 3 is 2.63 bits per heavy atom. The molecular weight excluding hydrogens is 286 g/mol. The molecule has 1 unspecified atom stereocenters. The van der Waals surface area contributed by atoms with Gasteiger partial charge in [-0.05, 0) is 12.1 Å². The van der Waals surface area contributed by atoms with Crippen LogP contribution in [0, 0.1) is 0 Å². The van der Waals surface area contributed by atoms with Gasteiger partial charge in [0.1, 0.15) is 0 Å². The number of benzene rings is 1. The lowest BCUT2D eigenvalue weighted by atomic mass is 10.3. The van der Waals surface area contributed by atoms with Crippen molar-refractivity contribution in [2.75, 3.05) is 6.54 Å². The molecule has 0 aliphatic heterocycles. The molecule has 1 aromatic rings. The lowest BCUT2D eigenvalue weighted by molar-refractivity contribution is -0.136. The molecule has 0 spiro atoms. The molecule has 0 amide bonds. The van der Waals surface area contributed by atoms with E-state index in [0.717, 1.165) is 0 Å². The molecule has 0 aromatic heterocycles. The fourth-order valence-corrected chi connectivity index (χ4v) is 4.14. The molecule has 7 heteroatoms. The van der Waals surface area contributed by atoms with Crippen LogP contribution in [0.2, 0.25) is 0 Å². The summed E-state index contributed by atoms with van der Waals surface area (Å²) in [6, 6.07) is 6.60. The Morgan fingerprint density at radius 2 is 2.05 bits per heavy atom. The van der Waals surface area contributed by atoms with Gasteiger partial charge >= 0.3 is 5.97 Å². The first-order chi connectivity index (χ1) is 8.86. The maximum absolute atomic E-state index is 12.0. The smallest absolute Gasteiger partial charge is 0.304 e. The standard InChI is InChI=1S/C12H17NO4S2/c1-3-13-19(16,17)11-7-5-4-6-10(11)18-9(2)8-12(14)15/h4-7,9,13H,3,8H2,1-2H3,(H,14,15). The van der Waals surface area contributed by atoms with E-state index in [4.69, 9.17) is 5.11 Å². The summed E-state index contributed by atoms with van der Waals surface area (Å²) in [6.45, 7) is 3.78. The van der Waals surface area contributed by atoms with Gasteiger partial charge in [-0.25, -0.2) is 13.1 Å². The normalized spacial score (nSPS) is 13.2. The topological polar surface area (TPSA) is 83.5 Å². The van der Waals surface area contributed by atoms with Crippen LogP contribution < -0.4 is 4.72 Å². The van der Waals surface area contributed by atoms with Gasteiger partial charge in [0.15, 0.2) is 0 Å². The summed E-state index contributed by atoms with van der Waals surface area (Å²) in [5.41, 5.74) is 0. The zero-order valence-corrected chi connectivity index (χ0v) is 12.4. The summed E-state index contributed by atoms with van der Waals surface area (Å²) >= 11 is 1.25. The second-order valence-electron chi connectivity index (χ2n) is 3.97. The first-order valence-electron chi connectivity index (χ1n) is 5.84. The molecule has 2 N–H and O–H groups in total. The fourth-order valence-electron chi connectivity index (χ4n) is 1.54. The van der Waals surface area contributed by atoms with Gasteiger partial charge in [0.2, 0.25) is 10.0 Å². The molecule has 0 saturated heterocycles. The van der Waals surface area contributed by atoms with Crippen LogP contribution in [0.15, 0.2) is 34.1 Å². The van der Waals surface area contributed by atoms with Gasteiger partial charge in [-0.3, -0.25) is 4.79 Å². The Labute approximate surface area is 117 Å². The third kappa shape index (κ3) is 4.85. The van der Waals surface area contributed by atoms with E-state index in [-0.39, 0.29) is 16.6 Å². The number of hydrogen-bond acceptors (Lipinski definition) is 4. The maximum atomic E-state index is 12.0. The maximum Gasteiger partial charge on any atom is 0.304 e. The van der Waals surface area contributed by atoms with Crippen LogP contribution in [0.1, 0.15) is 20.3 Å². The number of thioether (sulfide) groups is 1. The zero-order valence-electron chi connectivity index (χ0n) is 10.8. The zero-order chi connectivity index (χ0) is 14.5. The number of carboxylic acid groups (broad SMARTS) is 1. The average molecular weight is 303 g/mol. The minimum absolute atomic E-state index is 0.0136. The molecule has 0 fully saturated rings. The minimum atomic E-state index is -3.53. The van der Waals surface area contributed by atoms with Gasteiger partial charge in [-0.1, -0.05) is 26.0 Å². The lowest BCUT2D eigenvalue weighted by Crippen LogP contribution is -2.23. The molecule has 106 valence electrons. The molecule has 0 bridgehead atoms. The van der Waals surface area contributed by atoms with Crippen LogP contribution in [-0.2, 0) is 14.8 Å². The Balaban J connectivity index is 3.00. The highest BCUT2D eigenvalue weighted by atomic mass is 32.2. The van der Waals surface area contributed by atoms with Crippen LogP contribution in [0.3, 0.4) is 0 Å². The minimum Gasteiger partial charge on any atom is -0.481 e. The number of nitrogens with one attached hydrogen (secondary N) is 1. The number of sulfonamides is 1. The molecule has 1 rings (SSSR count). The molecule has 1 atom stereocenters. The highest BCUT2D eigenvalue weighted by Crippen LogP contribution is 2.30. The van der Waals surface area contributed by atoms with Crippen molar-refractivity contribution in [3.8, 4) is 0 Å². The van der Waals surface area contributed by atoms with E-state index < -0.39 is 16.0 Å². The summed E-state index contributed by atoms with van der Waals surface area (Å²) in [6.07, 6.45) is -0.0136. The Bertz CT molecular complexity index is 542. The molecule has 5 nitrogen and oxygen atoms in total. The van der Waals surface area contributed by atoms with E-state index in [1.165, 1.54) is 17.8 Å². The van der Waals surface area contributed by atoms with Crippen molar-refractivity contribution in [3.63, 3.8) is 0 Å². The molecule has 0 radical (unpaired) electrons. The lowest BCUT2D eigenvalue weighted by Gasteiger charge is -2.13. The van der Waals surface area contributed by atoms with E-state index in [9.17, 15) is 13.2 Å². The van der Waals surface area contributed by atoms with Crippen LogP contribution in [0.25, 0.3) is 0 Å². The van der Waals surface area contributed by atoms with Gasteiger partial charge in [0.25, 0.3) is 0 Å². The second-order valence-corrected chi connectivity index (χ2v) is 7.19. The first-order valence-corrected chi connectivity index (χ1v) is 8.20. The largest absolute Gasteiger partial charge is 0.481 e. The van der Waals surface area contributed by atoms with Gasteiger partial charge in [0.05, 0.1) is 11.3 Å². The Morgan fingerprint density at radius 1 is 1.42 bits per heavy atom. The van der Waals surface area contributed by atoms with Crippen LogP contribution in [0.4, 0.5) is 0 Å². The van der Waals surface area contributed by atoms with Gasteiger partial charge < -0.3 is 5.11 Å². The van der Waals surface area contributed by atoms with Crippen molar-refractivity contribution in [3.05, 3.63) is 24.3 Å². The second kappa shape index (κ2) is 6.93. The summed E-state index contributed by atoms with van der Waals surface area (Å²) < 4.78 is 26.5. The average Bonchev–Trinajstić information content (AvgIpc) is 2.28. The summed E-state index contributed by atoms with van der Waals surface area (Å²) in [4.78, 5) is 11.4. The monoisotopic (exact) mass is 303 g/mol. The molecule has 1 aromatic carbocycles. The van der Waals surface area contributed by atoms with E-state index in [1.54, 1.807) is 32.0 Å². The Hall–Kier alpha value is -1.05. The molecule has 0 aliphatic rings. The summed E-state index contributed by atoms with van der Waals surface area (Å²) in [7, 11) is -3.53. The van der Waals surface area contributed by atoms with Crippen molar-refractivity contribution >= 4 is 27.8 Å². The SMILES string of the molecule is CCNS(=O)(=O)c1ccccc1SC(C)CC(=O)O. The number of hydrogen-bond donors (Lipinski definition) is 2. The van der Waals surface area contributed by atoms with E-state index in [1.807, 2.05) is 0 Å². The predicted octanol–water partition coefficient (Wildman–Crippen LogP) is 1.94. The number of carboxylic acids is 1. The number of aliphatic carboxylic acids is 1. The van der Waals surface area contributed by atoms with Crippen molar-refractivity contribution in [2.24, 2.45) is 0 Å². The van der Waals surface area contributed by atoms with Crippen LogP contribution in [0.5, 0.6) is 0 Å². The van der Waals surface area contributed by atoms with Gasteiger partial charge in [0, 0.05) is 16.7 Å². The number of carbonyl (C=O) groups is 1. The molecule has 19 heavy (non-hydrogen) atoms. The third-order valence-electron chi connectivity index (χ3n) is 2.26. The van der Waals surface area contributed by atoms with Crippen molar-refractivity contribution < 1.29 is 18.3 Å². The molecule has 0 heterocycles. The van der Waals surface area contributed by atoms with E-state index in [0.29, 0.717) is 11.4 Å². The Kier molecular flexibility index (Phi) is 5.84. The summed E-state index contributed by atoms with van der Waals surface area (Å²) in [5.74, 6) is -0.896. The van der Waals surface area contributed by atoms with Crippen LogP contribution in [-0.4, -0.2) is 31.3 Å². The summed E-state index contributed by atoms with van der Waals surface area (Å²) in [5, 5.41) is 8.53. The van der Waals surface area contributed by atoms with Gasteiger partial charge in [-0.2, -0.15) is 0 Å². The molecule has 0 saturated carbocycles. The van der Waals surface area contributed by atoms with E-state index in [2.05, 4.69) is 4.72 Å². The van der Waals surface area contributed by atoms with Crippen molar-refractivity contribution in [2.45, 2.75) is 35.3 Å². The highest BCUT2D eigenvalue weighted by molar-refractivity contribution is 8.00. The van der Waals surface area contributed by atoms with Gasteiger partial charge in [-0.15, -0.1) is 11.8 Å². The highest BCUT2D eigenvalue weighted by Gasteiger charge is 2.19. The third-order valence-corrected chi connectivity index (χ3v) is 5.18. The quantitative estimate of drug-likeness (QED) is 0.752. The van der Waals surface area contributed by atoms with E-state index >= 15 is 0 Å². The van der Waals surface area contributed by atoms with Crippen molar-refractivity contribution in [1.82, 2.24) is 4.72 Å². The first kappa shape index (κ1) is 16.0. The fraction of sp³-hybridized carbons (Fsp3) is 0.417. The van der Waals surface area contributed by atoms with Crippen molar-refractivity contribution in [1.29, 1.82) is 0 Å². The number of rotatable bonds is 7.